The fraction of sp³-hybridized carbons (Fsp3) is 0.444. The molecule has 3 N–H and O–H groups in total. The van der Waals surface area contributed by atoms with Gasteiger partial charge in [0.25, 0.3) is 0 Å². The summed E-state index contributed by atoms with van der Waals surface area (Å²) in [5.41, 5.74) is 5.41. The van der Waals surface area contributed by atoms with E-state index >= 15 is 0 Å². The van der Waals surface area contributed by atoms with Gasteiger partial charge in [0.05, 0.1) is 0 Å². The number of hydrogen-bond acceptors (Lipinski definition) is 4. The van der Waals surface area contributed by atoms with Crippen molar-refractivity contribution >= 4 is 24.3 Å². The fourth-order valence-electron chi connectivity index (χ4n) is 1.60. The number of nitrogens with zero attached hydrogens (tertiary/aromatic N) is 4. The van der Waals surface area contributed by atoms with Gasteiger partial charge in [-0.05, 0) is 6.07 Å². The molecule has 0 saturated carbocycles. The van der Waals surface area contributed by atoms with Crippen LogP contribution in [-0.2, 0) is 0 Å². The molecular formula is C9H15ClN6. The van der Waals surface area contributed by atoms with Gasteiger partial charge in [-0.25, -0.2) is 9.97 Å². The maximum atomic E-state index is 7.31. The van der Waals surface area contributed by atoms with Gasteiger partial charge in [0.15, 0.2) is 5.96 Å². The lowest BCUT2D eigenvalue weighted by Gasteiger charge is -2.34. The Morgan fingerprint density at radius 3 is 2.25 bits per heavy atom. The molecule has 0 atom stereocenters. The van der Waals surface area contributed by atoms with Crippen molar-refractivity contribution in [3.63, 3.8) is 0 Å². The highest BCUT2D eigenvalue weighted by Crippen LogP contribution is 2.08. The monoisotopic (exact) mass is 242 g/mol. The van der Waals surface area contributed by atoms with Crippen LogP contribution < -0.4 is 10.6 Å². The second-order valence-corrected chi connectivity index (χ2v) is 3.41. The van der Waals surface area contributed by atoms with Crippen LogP contribution in [0.3, 0.4) is 0 Å². The molecule has 1 aromatic heterocycles. The van der Waals surface area contributed by atoms with Crippen molar-refractivity contribution in [2.45, 2.75) is 0 Å². The minimum absolute atomic E-state index is 0. The molecule has 0 bridgehead atoms. The van der Waals surface area contributed by atoms with E-state index in [0.717, 1.165) is 32.1 Å². The van der Waals surface area contributed by atoms with Gasteiger partial charge in [0, 0.05) is 38.6 Å². The summed E-state index contributed by atoms with van der Waals surface area (Å²) in [6.45, 7) is 3.13. The highest BCUT2D eigenvalue weighted by Gasteiger charge is 2.18. The van der Waals surface area contributed by atoms with E-state index in [-0.39, 0.29) is 18.4 Å². The minimum Gasteiger partial charge on any atom is -0.370 e. The van der Waals surface area contributed by atoms with Crippen molar-refractivity contribution in [2.75, 3.05) is 31.1 Å². The average molecular weight is 243 g/mol. The number of piperazine rings is 1. The Hall–Kier alpha value is -1.56. The molecule has 1 aromatic rings. The molecule has 1 fully saturated rings. The van der Waals surface area contributed by atoms with Gasteiger partial charge >= 0.3 is 0 Å². The van der Waals surface area contributed by atoms with Gasteiger partial charge in [0.1, 0.15) is 0 Å². The van der Waals surface area contributed by atoms with Crippen molar-refractivity contribution < 1.29 is 0 Å². The standard InChI is InChI=1S/C9H14N6.ClH/c10-8(11)14-4-6-15(7-5-14)9-12-2-1-3-13-9;/h1-3H,4-7H2,(H3,10,11);1H. The Balaban J connectivity index is 0.00000128. The molecule has 1 aliphatic heterocycles. The second-order valence-electron chi connectivity index (χ2n) is 3.41. The highest BCUT2D eigenvalue weighted by atomic mass is 35.5. The minimum atomic E-state index is 0. The van der Waals surface area contributed by atoms with E-state index in [1.54, 1.807) is 18.5 Å². The summed E-state index contributed by atoms with van der Waals surface area (Å²) in [6, 6.07) is 1.80. The van der Waals surface area contributed by atoms with Crippen LogP contribution in [0.15, 0.2) is 18.5 Å². The van der Waals surface area contributed by atoms with E-state index in [1.807, 2.05) is 4.90 Å². The van der Waals surface area contributed by atoms with Gasteiger partial charge in [0.2, 0.25) is 5.95 Å². The third-order valence-corrected chi connectivity index (χ3v) is 2.46. The number of rotatable bonds is 1. The first-order chi connectivity index (χ1) is 7.27. The summed E-state index contributed by atoms with van der Waals surface area (Å²) in [5, 5.41) is 7.31. The molecule has 16 heavy (non-hydrogen) atoms. The molecule has 88 valence electrons. The number of nitrogens with one attached hydrogen (secondary N) is 1. The van der Waals surface area contributed by atoms with Crippen LogP contribution in [-0.4, -0.2) is 47.0 Å². The third kappa shape index (κ3) is 2.73. The summed E-state index contributed by atoms with van der Waals surface area (Å²) in [7, 11) is 0. The molecule has 0 spiro atoms. The number of halogens is 1. The smallest absolute Gasteiger partial charge is 0.225 e. The predicted octanol–water partition coefficient (Wildman–Crippen LogP) is -0.0861. The highest BCUT2D eigenvalue weighted by molar-refractivity contribution is 5.85. The number of guanidine groups is 1. The number of hydrogen-bond donors (Lipinski definition) is 2. The van der Waals surface area contributed by atoms with E-state index in [4.69, 9.17) is 11.1 Å². The van der Waals surface area contributed by atoms with E-state index in [2.05, 4.69) is 14.9 Å². The average Bonchev–Trinajstić information content (AvgIpc) is 2.30. The lowest BCUT2D eigenvalue weighted by molar-refractivity contribution is 0.377. The van der Waals surface area contributed by atoms with Gasteiger partial charge < -0.3 is 15.5 Å². The Kier molecular flexibility index (Phi) is 4.30. The molecule has 1 saturated heterocycles. The molecule has 7 heteroatoms. The Morgan fingerprint density at radius 1 is 1.19 bits per heavy atom. The Labute approximate surface area is 100 Å². The number of aromatic nitrogens is 2. The maximum Gasteiger partial charge on any atom is 0.225 e. The molecule has 1 aliphatic rings. The zero-order chi connectivity index (χ0) is 10.7. The fourth-order valence-corrected chi connectivity index (χ4v) is 1.60. The zero-order valence-corrected chi connectivity index (χ0v) is 9.65. The van der Waals surface area contributed by atoms with E-state index < -0.39 is 0 Å². The first kappa shape index (κ1) is 12.5. The van der Waals surface area contributed by atoms with E-state index in [0.29, 0.717) is 0 Å². The van der Waals surface area contributed by atoms with Gasteiger partial charge in [-0.15, -0.1) is 12.4 Å². The van der Waals surface area contributed by atoms with Crippen molar-refractivity contribution in [1.82, 2.24) is 14.9 Å². The summed E-state index contributed by atoms with van der Waals surface area (Å²) >= 11 is 0. The summed E-state index contributed by atoms with van der Waals surface area (Å²) in [5.74, 6) is 0.893. The SMILES string of the molecule is Cl.N=C(N)N1CCN(c2ncccn2)CC1. The van der Waals surface area contributed by atoms with Crippen LogP contribution in [0.2, 0.25) is 0 Å². The van der Waals surface area contributed by atoms with Crippen molar-refractivity contribution in [3.05, 3.63) is 18.5 Å². The summed E-state index contributed by atoms with van der Waals surface area (Å²) in [4.78, 5) is 12.3. The maximum absolute atomic E-state index is 7.31. The van der Waals surface area contributed by atoms with Gasteiger partial charge in [-0.1, -0.05) is 0 Å². The van der Waals surface area contributed by atoms with Crippen LogP contribution >= 0.6 is 12.4 Å². The lowest BCUT2D eigenvalue weighted by atomic mass is 10.3. The first-order valence-corrected chi connectivity index (χ1v) is 4.88. The Bertz CT molecular complexity index is 335. The Morgan fingerprint density at radius 2 is 1.75 bits per heavy atom. The van der Waals surface area contributed by atoms with Gasteiger partial charge in [-0.3, -0.25) is 5.41 Å². The molecular weight excluding hydrogens is 228 g/mol. The number of nitrogens with two attached hydrogens (primary N) is 1. The lowest BCUT2D eigenvalue weighted by Crippen LogP contribution is -2.51. The largest absolute Gasteiger partial charge is 0.370 e. The molecule has 0 aliphatic carbocycles. The van der Waals surface area contributed by atoms with Crippen LogP contribution in [0, 0.1) is 5.41 Å². The first-order valence-electron chi connectivity index (χ1n) is 4.88. The molecule has 0 radical (unpaired) electrons. The zero-order valence-electron chi connectivity index (χ0n) is 8.83. The summed E-state index contributed by atoms with van der Waals surface area (Å²) < 4.78 is 0. The van der Waals surface area contributed by atoms with Crippen LogP contribution in [0.25, 0.3) is 0 Å². The van der Waals surface area contributed by atoms with Gasteiger partial charge in [-0.2, -0.15) is 0 Å². The predicted molar refractivity (Wildman–Crippen MR) is 65.0 cm³/mol. The molecule has 0 unspecified atom stereocenters. The van der Waals surface area contributed by atoms with Crippen LogP contribution in [0.1, 0.15) is 0 Å². The summed E-state index contributed by atoms with van der Waals surface area (Å²) in [6.07, 6.45) is 3.47. The second kappa shape index (κ2) is 5.50. The molecule has 2 heterocycles. The molecule has 0 aromatic carbocycles. The normalized spacial score (nSPS) is 15.5. The van der Waals surface area contributed by atoms with E-state index in [1.165, 1.54) is 0 Å². The van der Waals surface area contributed by atoms with Crippen LogP contribution in [0.5, 0.6) is 0 Å². The van der Waals surface area contributed by atoms with Crippen molar-refractivity contribution in [3.8, 4) is 0 Å². The quantitative estimate of drug-likeness (QED) is 0.532. The molecule has 0 amide bonds. The topological polar surface area (TPSA) is 82.1 Å². The van der Waals surface area contributed by atoms with Crippen LogP contribution in [0.4, 0.5) is 5.95 Å². The van der Waals surface area contributed by atoms with E-state index in [9.17, 15) is 0 Å². The number of anilines is 1. The third-order valence-electron chi connectivity index (χ3n) is 2.46. The molecule has 2 rings (SSSR count). The molecule has 6 nitrogen and oxygen atoms in total. The van der Waals surface area contributed by atoms with Crippen molar-refractivity contribution in [1.29, 1.82) is 5.41 Å². The van der Waals surface area contributed by atoms with Crippen molar-refractivity contribution in [2.24, 2.45) is 5.73 Å².